The molecule has 1 aromatic carbocycles. The lowest BCUT2D eigenvalue weighted by atomic mass is 9.57. The fraction of sp³-hybridized carbons (Fsp3) is 0.500. The van der Waals surface area contributed by atoms with Gasteiger partial charge in [-0.1, -0.05) is 11.6 Å². The van der Waals surface area contributed by atoms with Gasteiger partial charge in [-0.3, -0.25) is 9.47 Å². The van der Waals surface area contributed by atoms with Crippen LogP contribution < -0.4 is 0 Å². The van der Waals surface area contributed by atoms with Crippen molar-refractivity contribution in [1.29, 1.82) is 5.26 Å². The predicted octanol–water partition coefficient (Wildman–Crippen LogP) is 2.53. The molecule has 1 aromatic heterocycles. The van der Waals surface area contributed by atoms with E-state index < -0.39 is 0 Å². The Labute approximate surface area is 151 Å². The third-order valence-electron chi connectivity index (χ3n) is 5.81. The van der Waals surface area contributed by atoms with Gasteiger partial charge in [0.15, 0.2) is 12.0 Å². The van der Waals surface area contributed by atoms with Crippen molar-refractivity contribution in [3.8, 4) is 11.9 Å². The lowest BCUT2D eigenvalue weighted by molar-refractivity contribution is -0.0438. The first-order chi connectivity index (χ1) is 12.1. The van der Waals surface area contributed by atoms with Crippen LogP contribution >= 0.6 is 11.6 Å². The van der Waals surface area contributed by atoms with E-state index in [4.69, 9.17) is 16.9 Å². The molecule has 0 N–H and O–H groups in total. The second-order valence-electron chi connectivity index (χ2n) is 7.82. The van der Waals surface area contributed by atoms with Crippen molar-refractivity contribution < 1.29 is 0 Å². The van der Waals surface area contributed by atoms with Gasteiger partial charge >= 0.3 is 0 Å². The van der Waals surface area contributed by atoms with Crippen molar-refractivity contribution in [1.82, 2.24) is 24.6 Å². The van der Waals surface area contributed by atoms with Gasteiger partial charge in [-0.25, -0.2) is 0 Å². The van der Waals surface area contributed by atoms with Crippen LogP contribution in [0.4, 0.5) is 0 Å². The van der Waals surface area contributed by atoms with Crippen LogP contribution in [0.5, 0.6) is 0 Å². The third-order valence-corrected chi connectivity index (χ3v) is 6.04. The number of aromatic nitrogens is 3. The van der Waals surface area contributed by atoms with Crippen molar-refractivity contribution in [3.63, 3.8) is 0 Å². The van der Waals surface area contributed by atoms with Crippen LogP contribution in [0.3, 0.4) is 0 Å². The monoisotopic (exact) mass is 354 g/mol. The van der Waals surface area contributed by atoms with Crippen LogP contribution in [0.2, 0.25) is 5.02 Å². The lowest BCUT2D eigenvalue weighted by Gasteiger charge is -2.57. The van der Waals surface area contributed by atoms with Gasteiger partial charge in [0.25, 0.3) is 0 Å². The van der Waals surface area contributed by atoms with Gasteiger partial charge in [0.2, 0.25) is 0 Å². The normalized spacial score (nSPS) is 21.7. The molecule has 128 valence electrons. The second kappa shape index (κ2) is 5.20. The molecule has 6 nitrogen and oxygen atoms in total. The van der Waals surface area contributed by atoms with Crippen molar-refractivity contribution in [2.24, 2.45) is 5.41 Å². The molecule has 2 fully saturated rings. The number of hydrogen-bond acceptors (Lipinski definition) is 5. The molecule has 7 heteroatoms. The van der Waals surface area contributed by atoms with E-state index in [9.17, 15) is 0 Å². The summed E-state index contributed by atoms with van der Waals surface area (Å²) >= 11 is 6.22. The molecule has 2 aromatic rings. The first-order valence-electron chi connectivity index (χ1n) is 8.63. The number of nitrogens with zero attached hydrogens (tertiary/aromatic N) is 6. The lowest BCUT2D eigenvalue weighted by Crippen LogP contribution is -2.60. The Morgan fingerprint density at radius 1 is 1.24 bits per heavy atom. The molecule has 0 radical (unpaired) electrons. The summed E-state index contributed by atoms with van der Waals surface area (Å²) in [5, 5.41) is 18.8. The number of halogens is 1. The molecule has 0 amide bonds. The van der Waals surface area contributed by atoms with Gasteiger partial charge in [0.05, 0.1) is 12.2 Å². The maximum absolute atomic E-state index is 8.97. The number of fused-ring (bicyclic) bond motifs is 3. The Bertz CT molecular complexity index is 883. The number of benzene rings is 1. The van der Waals surface area contributed by atoms with Crippen LogP contribution in [0.15, 0.2) is 18.2 Å². The van der Waals surface area contributed by atoms with Gasteiger partial charge in [-0.15, -0.1) is 10.2 Å². The topological polar surface area (TPSA) is 61.0 Å². The summed E-state index contributed by atoms with van der Waals surface area (Å²) in [6, 6.07) is 6.08. The van der Waals surface area contributed by atoms with E-state index in [0.29, 0.717) is 11.3 Å². The zero-order valence-corrected chi connectivity index (χ0v) is 14.9. The number of nitriles is 1. The molecule has 1 saturated carbocycles. The fourth-order valence-electron chi connectivity index (χ4n) is 4.71. The molecule has 5 rings (SSSR count). The maximum Gasteiger partial charge on any atom is 0.179 e. The van der Waals surface area contributed by atoms with Gasteiger partial charge in [-0.2, -0.15) is 5.26 Å². The van der Waals surface area contributed by atoms with Crippen LogP contribution in [-0.4, -0.2) is 44.7 Å². The van der Waals surface area contributed by atoms with Crippen LogP contribution in [-0.2, 0) is 13.1 Å². The molecule has 2 aliphatic heterocycles. The van der Waals surface area contributed by atoms with E-state index in [1.807, 2.05) is 17.0 Å². The summed E-state index contributed by atoms with van der Waals surface area (Å²) in [7, 11) is 2.10. The molecule has 1 spiro atoms. The Hall–Kier alpha value is -2.10. The van der Waals surface area contributed by atoms with E-state index in [0.717, 1.165) is 61.4 Å². The molecule has 0 atom stereocenters. The molecule has 3 aliphatic rings. The minimum absolute atomic E-state index is 0.330. The Balaban J connectivity index is 1.50. The van der Waals surface area contributed by atoms with Crippen LogP contribution in [0.1, 0.15) is 36.0 Å². The highest BCUT2D eigenvalue weighted by Crippen LogP contribution is 2.55. The summed E-state index contributed by atoms with van der Waals surface area (Å²) in [4.78, 5) is 4.08. The van der Waals surface area contributed by atoms with Crippen molar-refractivity contribution in [2.75, 3.05) is 20.1 Å². The van der Waals surface area contributed by atoms with E-state index in [-0.39, 0.29) is 0 Å². The molecule has 25 heavy (non-hydrogen) atoms. The standard InChI is InChI=1S/C18H19ClN6/c1-23-7-12-4-14(19)2-3-15(12)25-16(8-23)21-22-17(25)13-5-18(6-13)9-24(10-18)11-20/h2-4,13H,5-10H2,1H3. The summed E-state index contributed by atoms with van der Waals surface area (Å²) < 4.78 is 2.24. The first kappa shape index (κ1) is 15.2. The molecule has 1 aliphatic carbocycles. The van der Waals surface area contributed by atoms with Crippen molar-refractivity contribution in [2.45, 2.75) is 31.8 Å². The summed E-state index contributed by atoms with van der Waals surface area (Å²) in [6.45, 7) is 3.43. The molecule has 1 saturated heterocycles. The average molecular weight is 355 g/mol. The summed E-state index contributed by atoms with van der Waals surface area (Å²) in [5.74, 6) is 2.48. The third kappa shape index (κ3) is 2.26. The fourth-order valence-corrected chi connectivity index (χ4v) is 4.90. The first-order valence-corrected chi connectivity index (χ1v) is 9.01. The summed E-state index contributed by atoms with van der Waals surface area (Å²) in [6.07, 6.45) is 4.44. The summed E-state index contributed by atoms with van der Waals surface area (Å²) in [5.41, 5.74) is 2.69. The van der Waals surface area contributed by atoms with Gasteiger partial charge in [0, 0.05) is 36.0 Å². The van der Waals surface area contributed by atoms with Crippen molar-refractivity contribution >= 4 is 11.6 Å². The molecule has 0 bridgehead atoms. The number of likely N-dealkylation sites (tertiary alicyclic amines) is 1. The van der Waals surface area contributed by atoms with Crippen LogP contribution in [0, 0.1) is 16.9 Å². The Morgan fingerprint density at radius 3 is 2.80 bits per heavy atom. The minimum Gasteiger partial charge on any atom is -0.309 e. The Morgan fingerprint density at radius 2 is 2.04 bits per heavy atom. The van der Waals surface area contributed by atoms with E-state index >= 15 is 0 Å². The number of hydrogen-bond donors (Lipinski definition) is 0. The highest BCUT2D eigenvalue weighted by atomic mass is 35.5. The quantitative estimate of drug-likeness (QED) is 0.736. The SMILES string of the molecule is CN1Cc2cc(Cl)ccc2-n2c(nnc2C2CC3(C2)CN(C#N)C3)C1. The second-order valence-corrected chi connectivity index (χ2v) is 8.25. The van der Waals surface area contributed by atoms with Crippen molar-refractivity contribution in [3.05, 3.63) is 40.4 Å². The highest BCUT2D eigenvalue weighted by Gasteiger charge is 2.54. The molecule has 3 heterocycles. The minimum atomic E-state index is 0.330. The largest absolute Gasteiger partial charge is 0.309 e. The molecular weight excluding hydrogens is 336 g/mol. The molecular formula is C18H19ClN6. The number of rotatable bonds is 1. The van der Waals surface area contributed by atoms with E-state index in [2.05, 4.69) is 39.0 Å². The Kier molecular flexibility index (Phi) is 3.16. The zero-order valence-electron chi connectivity index (χ0n) is 14.1. The predicted molar refractivity (Wildman–Crippen MR) is 93.1 cm³/mol. The highest BCUT2D eigenvalue weighted by molar-refractivity contribution is 6.30. The van der Waals surface area contributed by atoms with E-state index in [1.54, 1.807) is 0 Å². The molecule has 0 unspecified atom stereocenters. The van der Waals surface area contributed by atoms with Gasteiger partial charge in [0.1, 0.15) is 5.82 Å². The van der Waals surface area contributed by atoms with Gasteiger partial charge in [-0.05, 0) is 43.7 Å². The zero-order chi connectivity index (χ0) is 17.2. The van der Waals surface area contributed by atoms with Gasteiger partial charge < -0.3 is 4.90 Å². The maximum atomic E-state index is 8.97. The average Bonchev–Trinajstić information content (AvgIpc) is 2.82. The van der Waals surface area contributed by atoms with Crippen LogP contribution in [0.25, 0.3) is 5.69 Å². The smallest absolute Gasteiger partial charge is 0.179 e. The van der Waals surface area contributed by atoms with E-state index in [1.165, 1.54) is 5.56 Å².